The Bertz CT molecular complexity index is 1190. The van der Waals surface area contributed by atoms with Crippen molar-refractivity contribution in [3.63, 3.8) is 0 Å². The fourth-order valence-electron chi connectivity index (χ4n) is 4.57. The summed E-state index contributed by atoms with van der Waals surface area (Å²) in [7, 11) is 0. The molecule has 3 aromatic rings. The predicted octanol–water partition coefficient (Wildman–Crippen LogP) is 6.44. The summed E-state index contributed by atoms with van der Waals surface area (Å²) in [5.74, 6) is -0.448. The van der Waals surface area contributed by atoms with Crippen LogP contribution in [-0.4, -0.2) is 40.7 Å². The number of nitrogens with zero attached hydrogens (tertiary/aromatic N) is 2. The molecule has 4 nitrogen and oxygen atoms in total. The molecule has 8 heteroatoms. The van der Waals surface area contributed by atoms with Crippen molar-refractivity contribution in [2.24, 2.45) is 0 Å². The fraction of sp³-hybridized carbons (Fsp3) is 0.346. The van der Waals surface area contributed by atoms with E-state index in [1.807, 2.05) is 13.8 Å². The van der Waals surface area contributed by atoms with Crippen molar-refractivity contribution in [2.75, 3.05) is 19.7 Å². The molecule has 1 amide bonds. The van der Waals surface area contributed by atoms with Crippen molar-refractivity contribution in [2.45, 2.75) is 39.1 Å². The molecular formula is C26H26ClF3N2O2. The van der Waals surface area contributed by atoms with Crippen molar-refractivity contribution < 1.29 is 22.7 Å². The highest BCUT2D eigenvalue weighted by Gasteiger charge is 2.42. The van der Waals surface area contributed by atoms with Gasteiger partial charge in [-0.05, 0) is 49.6 Å². The summed E-state index contributed by atoms with van der Waals surface area (Å²) in [6.45, 7) is 5.97. The van der Waals surface area contributed by atoms with Gasteiger partial charge < -0.3 is 14.2 Å². The number of alkyl halides is 3. The van der Waals surface area contributed by atoms with Crippen LogP contribution in [0.5, 0.6) is 0 Å². The fourth-order valence-corrected chi connectivity index (χ4v) is 4.69. The molecule has 0 saturated carbocycles. The number of rotatable bonds is 4. The van der Waals surface area contributed by atoms with Gasteiger partial charge in [-0.2, -0.15) is 13.2 Å². The standard InChI is InChI=1S/C26H26ClF3N2O2/c1-17-21(19-9-11-20(27)12-10-19)22(24(33)31-13-14-34-25(2,3)16-31)32(23(17)26(28,29)30)15-18-7-5-4-6-8-18/h4-12H,13-16H2,1-3H3. The van der Waals surface area contributed by atoms with E-state index in [1.54, 1.807) is 59.5 Å². The van der Waals surface area contributed by atoms with Gasteiger partial charge in [0.05, 0.1) is 12.2 Å². The SMILES string of the molecule is Cc1c(-c2ccc(Cl)cc2)c(C(=O)N2CCOC(C)(C)C2)n(Cc2ccccc2)c1C(F)(F)F. The minimum atomic E-state index is -4.65. The van der Waals surface area contributed by atoms with Gasteiger partial charge in [0.25, 0.3) is 5.91 Å². The first-order valence-electron chi connectivity index (χ1n) is 11.0. The van der Waals surface area contributed by atoms with Gasteiger partial charge in [0, 0.05) is 30.2 Å². The quantitative estimate of drug-likeness (QED) is 0.422. The minimum absolute atomic E-state index is 0.0154. The number of hydrogen-bond acceptors (Lipinski definition) is 2. The van der Waals surface area contributed by atoms with E-state index >= 15 is 0 Å². The van der Waals surface area contributed by atoms with Crippen LogP contribution in [0.25, 0.3) is 11.1 Å². The first kappa shape index (κ1) is 24.4. The molecule has 0 atom stereocenters. The number of hydrogen-bond donors (Lipinski definition) is 0. The largest absolute Gasteiger partial charge is 0.431 e. The van der Waals surface area contributed by atoms with Crippen molar-refractivity contribution in [3.05, 3.63) is 82.1 Å². The maximum absolute atomic E-state index is 14.4. The summed E-state index contributed by atoms with van der Waals surface area (Å²) in [6.07, 6.45) is -4.65. The van der Waals surface area contributed by atoms with Crippen LogP contribution in [0.4, 0.5) is 13.2 Å². The van der Waals surface area contributed by atoms with Crippen LogP contribution in [0.15, 0.2) is 54.6 Å². The average molecular weight is 491 g/mol. The second kappa shape index (κ2) is 9.12. The molecule has 4 rings (SSSR count). The summed E-state index contributed by atoms with van der Waals surface area (Å²) < 4.78 is 50.1. The third-order valence-corrected chi connectivity index (χ3v) is 6.26. The van der Waals surface area contributed by atoms with Gasteiger partial charge in [0.15, 0.2) is 0 Å². The topological polar surface area (TPSA) is 34.5 Å². The van der Waals surface area contributed by atoms with Crippen LogP contribution in [0, 0.1) is 6.92 Å². The van der Waals surface area contributed by atoms with Crippen LogP contribution in [-0.2, 0) is 17.5 Å². The smallest absolute Gasteiger partial charge is 0.372 e. The van der Waals surface area contributed by atoms with Gasteiger partial charge in [-0.3, -0.25) is 4.79 Å². The summed E-state index contributed by atoms with van der Waals surface area (Å²) in [5, 5.41) is 0.462. The number of aromatic nitrogens is 1. The van der Waals surface area contributed by atoms with E-state index in [1.165, 1.54) is 6.92 Å². The second-order valence-corrected chi connectivity index (χ2v) is 9.54. The molecule has 1 fully saturated rings. The zero-order chi connectivity index (χ0) is 24.7. The first-order chi connectivity index (χ1) is 16.0. The van der Waals surface area contributed by atoms with Crippen molar-refractivity contribution in [3.8, 4) is 11.1 Å². The Morgan fingerprint density at radius 1 is 1.09 bits per heavy atom. The number of ether oxygens (including phenoxy) is 1. The maximum atomic E-state index is 14.4. The highest BCUT2D eigenvalue weighted by molar-refractivity contribution is 6.30. The normalized spacial score (nSPS) is 16.0. The van der Waals surface area contributed by atoms with Crippen LogP contribution in [0.3, 0.4) is 0 Å². The Hall–Kier alpha value is -2.77. The van der Waals surface area contributed by atoms with Crippen molar-refractivity contribution in [1.82, 2.24) is 9.47 Å². The maximum Gasteiger partial charge on any atom is 0.431 e. The molecule has 1 aliphatic rings. The van der Waals surface area contributed by atoms with Crippen molar-refractivity contribution in [1.29, 1.82) is 0 Å². The lowest BCUT2D eigenvalue weighted by molar-refractivity contribution is -0.143. The molecule has 0 N–H and O–H groups in total. The van der Waals surface area contributed by atoms with Crippen LogP contribution >= 0.6 is 11.6 Å². The van der Waals surface area contributed by atoms with E-state index in [0.717, 1.165) is 4.57 Å². The molecule has 1 aromatic heterocycles. The van der Waals surface area contributed by atoms with E-state index in [-0.39, 0.29) is 29.9 Å². The van der Waals surface area contributed by atoms with Gasteiger partial charge in [0.1, 0.15) is 11.4 Å². The molecule has 0 spiro atoms. The van der Waals surface area contributed by atoms with Crippen LogP contribution in [0.2, 0.25) is 5.02 Å². The number of halogens is 4. The predicted molar refractivity (Wildman–Crippen MR) is 126 cm³/mol. The average Bonchev–Trinajstić information content (AvgIpc) is 3.05. The van der Waals surface area contributed by atoms with E-state index in [4.69, 9.17) is 16.3 Å². The molecule has 1 aliphatic heterocycles. The molecule has 1 saturated heterocycles. The Balaban J connectivity index is 1.97. The minimum Gasteiger partial charge on any atom is -0.372 e. The summed E-state index contributed by atoms with van der Waals surface area (Å²) in [4.78, 5) is 15.5. The van der Waals surface area contributed by atoms with Crippen LogP contribution < -0.4 is 0 Å². The highest BCUT2D eigenvalue weighted by Crippen LogP contribution is 2.42. The lowest BCUT2D eigenvalue weighted by Gasteiger charge is -2.38. The number of benzene rings is 2. The van der Waals surface area contributed by atoms with E-state index < -0.39 is 23.4 Å². The Morgan fingerprint density at radius 2 is 1.74 bits per heavy atom. The number of morpholine rings is 1. The lowest BCUT2D eigenvalue weighted by Crippen LogP contribution is -2.51. The second-order valence-electron chi connectivity index (χ2n) is 9.11. The number of carbonyl (C=O) groups excluding carboxylic acids is 1. The summed E-state index contributed by atoms with van der Waals surface area (Å²) >= 11 is 6.04. The third-order valence-electron chi connectivity index (χ3n) is 6.01. The molecule has 0 bridgehead atoms. The zero-order valence-electron chi connectivity index (χ0n) is 19.2. The first-order valence-corrected chi connectivity index (χ1v) is 11.4. The number of carbonyl (C=O) groups is 1. The van der Waals surface area contributed by atoms with Gasteiger partial charge in [0.2, 0.25) is 0 Å². The van der Waals surface area contributed by atoms with Gasteiger partial charge in [-0.15, -0.1) is 0 Å². The Labute approximate surface area is 201 Å². The van der Waals surface area contributed by atoms with Crippen LogP contribution in [0.1, 0.15) is 41.2 Å². The molecular weight excluding hydrogens is 465 g/mol. The van der Waals surface area contributed by atoms with Gasteiger partial charge in [-0.1, -0.05) is 54.1 Å². The lowest BCUT2D eigenvalue weighted by atomic mass is 9.99. The molecule has 0 radical (unpaired) electrons. The van der Waals surface area contributed by atoms with Gasteiger partial charge in [-0.25, -0.2) is 0 Å². The van der Waals surface area contributed by atoms with E-state index in [9.17, 15) is 18.0 Å². The Morgan fingerprint density at radius 3 is 2.32 bits per heavy atom. The summed E-state index contributed by atoms with van der Waals surface area (Å²) in [6, 6.07) is 15.4. The van der Waals surface area contributed by atoms with Crippen molar-refractivity contribution >= 4 is 17.5 Å². The highest BCUT2D eigenvalue weighted by atomic mass is 35.5. The summed E-state index contributed by atoms with van der Waals surface area (Å²) in [5.41, 5.74) is 0.0754. The zero-order valence-corrected chi connectivity index (χ0v) is 20.0. The van der Waals surface area contributed by atoms with E-state index in [0.29, 0.717) is 29.3 Å². The van der Waals surface area contributed by atoms with Gasteiger partial charge >= 0.3 is 6.18 Å². The molecule has 2 aromatic carbocycles. The molecule has 0 aliphatic carbocycles. The monoisotopic (exact) mass is 490 g/mol. The third kappa shape index (κ3) is 4.86. The van der Waals surface area contributed by atoms with E-state index in [2.05, 4.69) is 0 Å². The molecule has 0 unspecified atom stereocenters. The Kier molecular flexibility index (Phi) is 6.53. The molecule has 180 valence electrons. The molecule has 34 heavy (non-hydrogen) atoms. The number of amides is 1. The molecule has 2 heterocycles.